The molecule has 45 heavy (non-hydrogen) atoms. The molecule has 4 aromatic rings. The van der Waals surface area contributed by atoms with E-state index in [-0.39, 0.29) is 36.6 Å². The number of esters is 2. The van der Waals surface area contributed by atoms with Crippen molar-refractivity contribution in [2.75, 3.05) is 6.54 Å². The lowest BCUT2D eigenvalue weighted by atomic mass is 10.1. The number of amides is 1. The van der Waals surface area contributed by atoms with Gasteiger partial charge in [-0.3, -0.25) is 14.4 Å². The van der Waals surface area contributed by atoms with Crippen LogP contribution >= 0.6 is 32.9 Å². The van der Waals surface area contributed by atoms with E-state index in [1.165, 1.54) is 34.6 Å². The average Bonchev–Trinajstić information content (AvgIpc) is 3.46. The number of nitrogens with one attached hydrogen (secondary N) is 1. The number of hydrogen-bond acceptors (Lipinski definition) is 11. The fourth-order valence-electron chi connectivity index (χ4n) is 3.82. The number of rotatable bonds is 13. The maximum absolute atomic E-state index is 13.3. The summed E-state index contributed by atoms with van der Waals surface area (Å²) in [5, 5.41) is 19.6. The molecule has 1 unspecified atom stereocenters. The molecule has 2 N–H and O–H groups in total. The third kappa shape index (κ3) is 9.96. The van der Waals surface area contributed by atoms with Crippen LogP contribution in [-0.2, 0) is 9.59 Å². The zero-order valence-electron chi connectivity index (χ0n) is 24.3. The van der Waals surface area contributed by atoms with Gasteiger partial charge in [-0.05, 0) is 84.3 Å². The summed E-state index contributed by atoms with van der Waals surface area (Å²) in [5.41, 5.74) is 2.01. The van der Waals surface area contributed by atoms with Crippen molar-refractivity contribution in [1.82, 2.24) is 5.32 Å². The van der Waals surface area contributed by atoms with Crippen molar-refractivity contribution in [2.45, 2.75) is 33.1 Å². The number of aliphatic carboxylic acids is 1. The Morgan fingerprint density at radius 2 is 1.60 bits per heavy atom. The quantitative estimate of drug-likeness (QED) is 0.0477. The highest BCUT2D eigenvalue weighted by Crippen LogP contribution is 2.32. The van der Waals surface area contributed by atoms with Crippen LogP contribution in [0.25, 0.3) is 10.4 Å². The summed E-state index contributed by atoms with van der Waals surface area (Å²) in [7, 11) is 3.08. The Kier molecular flexibility index (Phi) is 11.8. The SMILES string of the molecule is CCC(C)CC(=O)Oc1ccc(N=Nc2ccc(C(=O)NCCC(=O)O)cc2)cc1C(=O)Oc1ccc(-c2cc(=S)ss2)cc1. The van der Waals surface area contributed by atoms with E-state index in [4.69, 9.17) is 26.8 Å². The molecule has 3 aromatic carbocycles. The van der Waals surface area contributed by atoms with Gasteiger partial charge in [0.2, 0.25) is 0 Å². The molecule has 0 saturated heterocycles. The van der Waals surface area contributed by atoms with E-state index in [1.54, 1.807) is 40.7 Å². The van der Waals surface area contributed by atoms with Gasteiger partial charge in [0.25, 0.3) is 5.91 Å². The van der Waals surface area contributed by atoms with E-state index in [0.717, 1.165) is 20.7 Å². The van der Waals surface area contributed by atoms with Gasteiger partial charge in [-0.15, -0.1) is 0 Å². The predicted molar refractivity (Wildman–Crippen MR) is 175 cm³/mol. The van der Waals surface area contributed by atoms with Crippen molar-refractivity contribution in [2.24, 2.45) is 16.1 Å². The molecule has 1 heterocycles. The zero-order valence-corrected chi connectivity index (χ0v) is 26.8. The predicted octanol–water partition coefficient (Wildman–Crippen LogP) is 8.39. The van der Waals surface area contributed by atoms with Crippen LogP contribution in [0.3, 0.4) is 0 Å². The van der Waals surface area contributed by atoms with Crippen LogP contribution in [0.2, 0.25) is 0 Å². The van der Waals surface area contributed by atoms with Crippen molar-refractivity contribution in [3.63, 3.8) is 0 Å². The number of hydrogen-bond donors (Lipinski definition) is 2. The Morgan fingerprint density at radius 3 is 2.24 bits per heavy atom. The molecule has 4 rings (SSSR count). The monoisotopic (exact) mass is 663 g/mol. The number of carbonyl (C=O) groups excluding carboxylic acids is 3. The fraction of sp³-hybridized carbons (Fsp3) is 0.219. The molecule has 232 valence electrons. The van der Waals surface area contributed by atoms with Crippen LogP contribution in [0.4, 0.5) is 11.4 Å². The summed E-state index contributed by atoms with van der Waals surface area (Å²) >= 11 is 5.21. The molecule has 0 radical (unpaired) electrons. The molecule has 0 fully saturated rings. The van der Waals surface area contributed by atoms with Gasteiger partial charge >= 0.3 is 17.9 Å². The summed E-state index contributed by atoms with van der Waals surface area (Å²) in [4.78, 5) is 49.7. The maximum atomic E-state index is 13.3. The molecule has 0 aliphatic rings. The number of ether oxygens (including phenoxy) is 2. The average molecular weight is 664 g/mol. The number of azo groups is 1. The first kappa shape index (κ1) is 33.3. The first-order chi connectivity index (χ1) is 21.6. The smallest absolute Gasteiger partial charge is 0.347 e. The molecular weight excluding hydrogens is 635 g/mol. The third-order valence-corrected chi connectivity index (χ3v) is 9.38. The Labute approximate surface area is 271 Å². The lowest BCUT2D eigenvalue weighted by molar-refractivity contribution is -0.137. The van der Waals surface area contributed by atoms with Crippen molar-refractivity contribution in [3.05, 3.63) is 87.7 Å². The summed E-state index contributed by atoms with van der Waals surface area (Å²) in [5.74, 6) is -2.16. The largest absolute Gasteiger partial charge is 0.481 e. The lowest BCUT2D eigenvalue weighted by Crippen LogP contribution is -2.25. The highest BCUT2D eigenvalue weighted by Gasteiger charge is 2.20. The van der Waals surface area contributed by atoms with Crippen LogP contribution in [0.15, 0.2) is 83.0 Å². The molecule has 0 saturated carbocycles. The first-order valence-corrected chi connectivity index (χ1v) is 16.5. The maximum Gasteiger partial charge on any atom is 0.347 e. The number of carbonyl (C=O) groups is 4. The second-order valence-electron chi connectivity index (χ2n) is 9.93. The normalized spacial score (nSPS) is 11.6. The molecule has 1 atom stereocenters. The first-order valence-electron chi connectivity index (χ1n) is 13.9. The second-order valence-corrected chi connectivity index (χ2v) is 12.8. The lowest BCUT2D eigenvalue weighted by Gasteiger charge is -2.12. The van der Waals surface area contributed by atoms with Gasteiger partial charge in [0.05, 0.1) is 17.8 Å². The molecule has 10 nitrogen and oxygen atoms in total. The van der Waals surface area contributed by atoms with Gasteiger partial charge in [-0.1, -0.05) is 53.2 Å². The Hall–Kier alpha value is -4.59. The molecule has 13 heteroatoms. The van der Waals surface area contributed by atoms with Gasteiger partial charge in [0.1, 0.15) is 20.9 Å². The van der Waals surface area contributed by atoms with E-state index >= 15 is 0 Å². The van der Waals surface area contributed by atoms with Crippen LogP contribution in [0, 0.1) is 9.74 Å². The highest BCUT2D eigenvalue weighted by atomic mass is 32.9. The van der Waals surface area contributed by atoms with Gasteiger partial charge in [-0.25, -0.2) is 4.79 Å². The number of benzene rings is 3. The van der Waals surface area contributed by atoms with Gasteiger partial charge in [0, 0.05) is 23.4 Å². The molecule has 0 aliphatic heterocycles. The third-order valence-electron chi connectivity index (χ3n) is 6.47. The van der Waals surface area contributed by atoms with E-state index in [0.29, 0.717) is 22.7 Å². The van der Waals surface area contributed by atoms with Crippen LogP contribution in [0.5, 0.6) is 11.5 Å². The number of nitrogens with zero attached hydrogens (tertiary/aromatic N) is 2. The minimum Gasteiger partial charge on any atom is -0.481 e. The van der Waals surface area contributed by atoms with Crippen molar-refractivity contribution in [1.29, 1.82) is 0 Å². The number of carboxylic acid groups (broad SMARTS) is 1. The van der Waals surface area contributed by atoms with E-state index in [1.807, 2.05) is 32.0 Å². The van der Waals surface area contributed by atoms with Crippen molar-refractivity contribution in [3.8, 4) is 21.9 Å². The minimum absolute atomic E-state index is 0.00258. The van der Waals surface area contributed by atoms with E-state index in [2.05, 4.69) is 15.5 Å². The van der Waals surface area contributed by atoms with Gasteiger partial charge in [0.15, 0.2) is 0 Å². The summed E-state index contributed by atoms with van der Waals surface area (Å²) < 4.78 is 12.0. The zero-order chi connectivity index (χ0) is 32.3. The Balaban J connectivity index is 1.51. The number of carboxylic acids is 1. The molecular formula is C32H29N3O7S3. The molecule has 0 bridgehead atoms. The van der Waals surface area contributed by atoms with Crippen molar-refractivity contribution >= 4 is 68.1 Å². The summed E-state index contributed by atoms with van der Waals surface area (Å²) in [6.07, 6.45) is 0.814. The van der Waals surface area contributed by atoms with Crippen LogP contribution < -0.4 is 14.8 Å². The highest BCUT2D eigenvalue weighted by molar-refractivity contribution is 7.80. The van der Waals surface area contributed by atoms with E-state index < -0.39 is 23.8 Å². The standard InChI is InChI=1S/C32H29N3O7S3/c1-3-19(2)16-29(38)42-26-13-10-23(35-34-22-8-4-21(5-9-22)31(39)33-15-14-28(36)37)17-25(26)32(40)41-24-11-6-20(7-12-24)27-18-30(43)45-44-27/h4-13,17-19H,3,14-16H2,1-2H3,(H,33,39)(H,36,37). The van der Waals surface area contributed by atoms with Crippen LogP contribution in [-0.4, -0.2) is 35.5 Å². The Morgan fingerprint density at radius 1 is 0.911 bits per heavy atom. The Bertz CT molecular complexity index is 1760. The fourth-order valence-corrected chi connectivity index (χ4v) is 6.23. The molecule has 1 aromatic heterocycles. The topological polar surface area (TPSA) is 144 Å². The van der Waals surface area contributed by atoms with Crippen molar-refractivity contribution < 1.29 is 33.8 Å². The second kappa shape index (κ2) is 15.9. The van der Waals surface area contributed by atoms with Crippen LogP contribution in [0.1, 0.15) is 53.8 Å². The minimum atomic E-state index is -1.00. The summed E-state index contributed by atoms with van der Waals surface area (Å²) in [6.45, 7) is 3.93. The van der Waals surface area contributed by atoms with E-state index in [9.17, 15) is 19.2 Å². The van der Waals surface area contributed by atoms with Gasteiger partial charge in [-0.2, -0.15) is 10.2 Å². The molecule has 0 aliphatic carbocycles. The van der Waals surface area contributed by atoms with Gasteiger partial charge < -0.3 is 19.9 Å². The molecule has 0 spiro atoms. The summed E-state index contributed by atoms with van der Waals surface area (Å²) in [6, 6.07) is 19.6. The molecule has 1 amide bonds.